The van der Waals surface area contributed by atoms with Crippen molar-refractivity contribution in [2.45, 2.75) is 6.54 Å². The summed E-state index contributed by atoms with van der Waals surface area (Å²) in [6.45, 7) is 0.652. The highest BCUT2D eigenvalue weighted by Crippen LogP contribution is 2.25. The summed E-state index contributed by atoms with van der Waals surface area (Å²) in [5.41, 5.74) is 8.83. The fourth-order valence-corrected chi connectivity index (χ4v) is 3.57. The van der Waals surface area contributed by atoms with Gasteiger partial charge >= 0.3 is 0 Å². The predicted octanol–water partition coefficient (Wildman–Crippen LogP) is 3.59. The third kappa shape index (κ3) is 3.71. The largest absolute Gasteiger partial charge is 0.497 e. The third-order valence-electron chi connectivity index (χ3n) is 4.12. The van der Waals surface area contributed by atoms with Crippen LogP contribution in [0.25, 0.3) is 5.69 Å². The Morgan fingerprint density at radius 1 is 1.04 bits per heavy atom. The van der Waals surface area contributed by atoms with Crippen LogP contribution in [0.15, 0.2) is 68.9 Å². The molecule has 138 valence electrons. The molecular formula is C18H16Br2N6O. The highest BCUT2D eigenvalue weighted by atomic mass is 79.9. The van der Waals surface area contributed by atoms with E-state index in [4.69, 9.17) is 4.74 Å². The van der Waals surface area contributed by atoms with Gasteiger partial charge in [-0.2, -0.15) is 5.10 Å². The number of benzene rings is 2. The van der Waals surface area contributed by atoms with Gasteiger partial charge in [0, 0.05) is 4.47 Å². The van der Waals surface area contributed by atoms with E-state index in [2.05, 4.69) is 65.3 Å². The first-order chi connectivity index (χ1) is 13.2. The van der Waals surface area contributed by atoms with Crippen LogP contribution in [0, 0.1) is 0 Å². The second-order valence-corrected chi connectivity index (χ2v) is 7.50. The summed E-state index contributed by atoms with van der Waals surface area (Å²) in [5.74, 6) is 1.56. The number of ether oxygens (including phenoxy) is 1. The minimum atomic E-state index is 0.652. The van der Waals surface area contributed by atoms with Crippen LogP contribution >= 0.6 is 31.9 Å². The second-order valence-electron chi connectivity index (χ2n) is 5.83. The summed E-state index contributed by atoms with van der Waals surface area (Å²) >= 11 is 7.12. The molecule has 0 radical (unpaired) electrons. The van der Waals surface area contributed by atoms with Crippen molar-refractivity contribution in [3.8, 4) is 11.4 Å². The Morgan fingerprint density at radius 3 is 2.48 bits per heavy atom. The summed E-state index contributed by atoms with van der Waals surface area (Å²) in [5, 5.41) is 10.8. The van der Waals surface area contributed by atoms with Crippen molar-refractivity contribution in [1.29, 1.82) is 0 Å². The van der Waals surface area contributed by atoms with Gasteiger partial charge in [0.15, 0.2) is 5.84 Å². The summed E-state index contributed by atoms with van der Waals surface area (Å²) in [4.78, 5) is 0. The van der Waals surface area contributed by atoms with Crippen LogP contribution in [0.2, 0.25) is 0 Å². The fraction of sp³-hybridized carbons (Fsp3) is 0.111. The van der Waals surface area contributed by atoms with E-state index in [-0.39, 0.29) is 0 Å². The molecule has 27 heavy (non-hydrogen) atoms. The standard InChI is InChI=1S/C18H16Br2N6O/c1-27-15-8-6-14(7-9-15)26-17(20)16(10-21-26)18-22-23-24-25(18)11-12-2-4-13(19)5-3-12/h2-10,23-24H,11H2,1H3. The molecule has 7 nitrogen and oxygen atoms in total. The van der Waals surface area contributed by atoms with E-state index >= 15 is 0 Å². The Morgan fingerprint density at radius 2 is 1.78 bits per heavy atom. The van der Waals surface area contributed by atoms with E-state index in [0.717, 1.165) is 37.5 Å². The number of hydrazine groups is 2. The quantitative estimate of drug-likeness (QED) is 0.570. The highest BCUT2D eigenvalue weighted by molar-refractivity contribution is 9.10. The Balaban J connectivity index is 1.59. The molecule has 0 aliphatic carbocycles. The number of hydrazone groups is 1. The minimum absolute atomic E-state index is 0.652. The van der Waals surface area contributed by atoms with Crippen molar-refractivity contribution in [1.82, 2.24) is 25.9 Å². The number of rotatable bonds is 5. The van der Waals surface area contributed by atoms with Gasteiger partial charge in [0.1, 0.15) is 10.4 Å². The molecule has 0 spiro atoms. The van der Waals surface area contributed by atoms with Crippen LogP contribution in [0.4, 0.5) is 0 Å². The number of methoxy groups -OCH3 is 1. The van der Waals surface area contributed by atoms with Crippen molar-refractivity contribution in [3.05, 3.63) is 74.9 Å². The molecule has 0 fully saturated rings. The molecule has 1 aliphatic heterocycles. The minimum Gasteiger partial charge on any atom is -0.497 e. The maximum atomic E-state index is 5.21. The van der Waals surface area contributed by atoms with Gasteiger partial charge in [-0.1, -0.05) is 28.1 Å². The Kier molecular flexibility index (Phi) is 5.15. The van der Waals surface area contributed by atoms with E-state index < -0.39 is 0 Å². The molecule has 0 saturated heterocycles. The van der Waals surface area contributed by atoms with E-state index in [1.807, 2.05) is 46.1 Å². The highest BCUT2D eigenvalue weighted by Gasteiger charge is 2.24. The zero-order chi connectivity index (χ0) is 18.8. The number of nitrogens with one attached hydrogen (secondary N) is 2. The lowest BCUT2D eigenvalue weighted by atomic mass is 10.2. The summed E-state index contributed by atoms with van der Waals surface area (Å²) in [7, 11) is 1.65. The number of hydrogen-bond donors (Lipinski definition) is 2. The lowest BCUT2D eigenvalue weighted by molar-refractivity contribution is 0.288. The van der Waals surface area contributed by atoms with Crippen LogP contribution < -0.4 is 15.8 Å². The molecular weight excluding hydrogens is 476 g/mol. The maximum Gasteiger partial charge on any atom is 0.177 e. The molecule has 9 heteroatoms. The van der Waals surface area contributed by atoms with Gasteiger partial charge in [0.05, 0.1) is 31.1 Å². The number of amidine groups is 1. The Hall–Kier alpha value is -2.36. The van der Waals surface area contributed by atoms with Crippen molar-refractivity contribution < 1.29 is 4.74 Å². The summed E-state index contributed by atoms with van der Waals surface area (Å²) in [6.07, 6.45) is 1.79. The molecule has 2 N–H and O–H groups in total. The molecule has 0 saturated carbocycles. The van der Waals surface area contributed by atoms with Crippen LogP contribution in [0.3, 0.4) is 0 Å². The van der Waals surface area contributed by atoms with Gasteiger partial charge < -0.3 is 4.74 Å². The lowest BCUT2D eigenvalue weighted by Gasteiger charge is -2.18. The van der Waals surface area contributed by atoms with Crippen molar-refractivity contribution in [3.63, 3.8) is 0 Å². The molecule has 4 rings (SSSR count). The molecule has 0 atom stereocenters. The van der Waals surface area contributed by atoms with Gasteiger partial charge in [-0.3, -0.25) is 5.01 Å². The second kappa shape index (κ2) is 7.71. The zero-order valence-corrected chi connectivity index (χ0v) is 17.5. The van der Waals surface area contributed by atoms with Crippen LogP contribution in [-0.2, 0) is 6.54 Å². The lowest BCUT2D eigenvalue weighted by Crippen LogP contribution is -2.40. The molecule has 2 aromatic carbocycles. The first kappa shape index (κ1) is 18.0. The number of nitrogens with zero attached hydrogens (tertiary/aromatic N) is 4. The molecule has 1 aromatic heterocycles. The zero-order valence-electron chi connectivity index (χ0n) is 14.4. The van der Waals surface area contributed by atoms with Gasteiger partial charge in [0.25, 0.3) is 0 Å². The smallest absolute Gasteiger partial charge is 0.177 e. The average molecular weight is 492 g/mol. The first-order valence-electron chi connectivity index (χ1n) is 8.14. The van der Waals surface area contributed by atoms with E-state index in [1.165, 1.54) is 0 Å². The number of hydrogen-bond acceptors (Lipinski definition) is 6. The van der Waals surface area contributed by atoms with Crippen LogP contribution in [0.1, 0.15) is 11.1 Å². The Bertz CT molecular complexity index is 969. The van der Waals surface area contributed by atoms with E-state index in [0.29, 0.717) is 6.54 Å². The third-order valence-corrected chi connectivity index (χ3v) is 5.42. The predicted molar refractivity (Wildman–Crippen MR) is 110 cm³/mol. The van der Waals surface area contributed by atoms with Gasteiger partial charge in [-0.05, 0) is 57.9 Å². The average Bonchev–Trinajstić information content (AvgIpc) is 3.30. The molecule has 0 amide bonds. The maximum absolute atomic E-state index is 5.21. The number of halogens is 2. The number of aromatic nitrogens is 2. The first-order valence-corrected chi connectivity index (χ1v) is 9.73. The normalized spacial score (nSPS) is 13.4. The SMILES string of the molecule is COc1ccc(-n2ncc(C3=NNNN3Cc3ccc(Br)cc3)c2Br)cc1. The van der Waals surface area contributed by atoms with Crippen molar-refractivity contribution >= 4 is 37.7 Å². The van der Waals surface area contributed by atoms with Gasteiger partial charge in [-0.25, -0.2) is 10.2 Å². The molecule has 2 heterocycles. The van der Waals surface area contributed by atoms with Gasteiger partial charge in [-0.15, -0.1) is 10.6 Å². The van der Waals surface area contributed by atoms with Crippen molar-refractivity contribution in [2.75, 3.05) is 7.11 Å². The molecule has 0 bridgehead atoms. The fourth-order valence-electron chi connectivity index (χ4n) is 2.73. The van der Waals surface area contributed by atoms with Crippen LogP contribution in [0.5, 0.6) is 5.75 Å². The molecule has 1 aliphatic rings. The topological polar surface area (TPSA) is 66.7 Å². The van der Waals surface area contributed by atoms with Crippen LogP contribution in [-0.4, -0.2) is 27.7 Å². The molecule has 3 aromatic rings. The summed E-state index contributed by atoms with van der Waals surface area (Å²) < 4.78 is 8.90. The van der Waals surface area contributed by atoms with E-state index in [9.17, 15) is 0 Å². The summed E-state index contributed by atoms with van der Waals surface area (Å²) in [6, 6.07) is 15.9. The Labute approximate surface area is 173 Å². The van der Waals surface area contributed by atoms with E-state index in [1.54, 1.807) is 13.3 Å². The molecule has 0 unspecified atom stereocenters. The van der Waals surface area contributed by atoms with Crippen molar-refractivity contribution in [2.24, 2.45) is 5.10 Å². The van der Waals surface area contributed by atoms with Gasteiger partial charge in [0.2, 0.25) is 0 Å². The monoisotopic (exact) mass is 490 g/mol.